The van der Waals surface area contributed by atoms with Crippen LogP contribution in [0.3, 0.4) is 0 Å². The normalized spacial score (nSPS) is 10.8. The van der Waals surface area contributed by atoms with Crippen molar-refractivity contribution in [3.05, 3.63) is 71.3 Å². The fourth-order valence-electron chi connectivity index (χ4n) is 2.46. The van der Waals surface area contributed by atoms with Crippen LogP contribution in [0.5, 0.6) is 0 Å². The zero-order valence-corrected chi connectivity index (χ0v) is 14.1. The minimum atomic E-state index is -0.776. The third-order valence-electron chi connectivity index (χ3n) is 3.78. The van der Waals surface area contributed by atoms with E-state index in [1.54, 1.807) is 48.5 Å². The Morgan fingerprint density at radius 3 is 2.50 bits per heavy atom. The molecule has 26 heavy (non-hydrogen) atoms. The van der Waals surface area contributed by atoms with Crippen LogP contribution in [0.4, 0.5) is 0 Å². The van der Waals surface area contributed by atoms with Gasteiger partial charge in [0.1, 0.15) is 12.6 Å². The summed E-state index contributed by atoms with van der Waals surface area (Å²) in [6.45, 7) is -0.125. The van der Waals surface area contributed by atoms with Crippen LogP contribution in [0.15, 0.2) is 54.6 Å². The summed E-state index contributed by atoms with van der Waals surface area (Å²) in [5.41, 5.74) is 1.90. The summed E-state index contributed by atoms with van der Waals surface area (Å²) < 4.78 is 0. The Kier molecular flexibility index (Phi) is 6.91. The fourth-order valence-corrected chi connectivity index (χ4v) is 2.46. The number of benzene rings is 2. The largest absolute Gasteiger partial charge is 0.341 e. The molecule has 2 rings (SSSR count). The van der Waals surface area contributed by atoms with Crippen LogP contribution in [0.25, 0.3) is 0 Å². The number of hydrogen-bond donors (Lipinski definition) is 2. The van der Waals surface area contributed by atoms with Crippen LogP contribution < -0.4 is 10.6 Å². The third kappa shape index (κ3) is 5.47. The van der Waals surface area contributed by atoms with E-state index >= 15 is 0 Å². The molecule has 0 aromatic heterocycles. The van der Waals surface area contributed by atoms with Crippen LogP contribution in [-0.4, -0.2) is 24.4 Å². The molecule has 0 aliphatic rings. The van der Waals surface area contributed by atoms with E-state index in [-0.39, 0.29) is 12.5 Å². The molecule has 0 saturated carbocycles. The van der Waals surface area contributed by atoms with Crippen molar-refractivity contribution in [2.45, 2.75) is 18.9 Å². The van der Waals surface area contributed by atoms with Gasteiger partial charge in [-0.05, 0) is 42.7 Å². The lowest BCUT2D eigenvalue weighted by molar-refractivity contribution is -0.122. The zero-order chi connectivity index (χ0) is 18.8. The van der Waals surface area contributed by atoms with Gasteiger partial charge in [0, 0.05) is 5.56 Å². The van der Waals surface area contributed by atoms with E-state index in [0.29, 0.717) is 24.0 Å². The van der Waals surface area contributed by atoms with Crippen molar-refractivity contribution in [1.29, 1.82) is 10.5 Å². The van der Waals surface area contributed by atoms with Crippen molar-refractivity contribution < 1.29 is 9.59 Å². The van der Waals surface area contributed by atoms with Crippen LogP contribution in [0.1, 0.15) is 27.9 Å². The molecule has 130 valence electrons. The van der Waals surface area contributed by atoms with E-state index in [2.05, 4.69) is 16.7 Å². The highest BCUT2D eigenvalue weighted by atomic mass is 16.2. The van der Waals surface area contributed by atoms with Crippen molar-refractivity contribution in [2.24, 2.45) is 0 Å². The Bertz CT molecular complexity index is 850. The average Bonchev–Trinajstić information content (AvgIpc) is 2.69. The average molecular weight is 346 g/mol. The second-order valence-electron chi connectivity index (χ2n) is 5.62. The first-order valence-electron chi connectivity index (χ1n) is 8.13. The summed E-state index contributed by atoms with van der Waals surface area (Å²) in [6, 6.07) is 18.9. The summed E-state index contributed by atoms with van der Waals surface area (Å²) in [5.74, 6) is -0.763. The van der Waals surface area contributed by atoms with Gasteiger partial charge in [-0.15, -0.1) is 0 Å². The van der Waals surface area contributed by atoms with E-state index < -0.39 is 11.9 Å². The highest BCUT2D eigenvalue weighted by molar-refractivity contribution is 5.97. The predicted molar refractivity (Wildman–Crippen MR) is 95.8 cm³/mol. The molecule has 0 spiro atoms. The van der Waals surface area contributed by atoms with E-state index in [0.717, 1.165) is 5.56 Å². The molecule has 2 aromatic carbocycles. The number of rotatable bonds is 7. The number of hydrogen-bond acceptors (Lipinski definition) is 4. The minimum Gasteiger partial charge on any atom is -0.341 e. The molecule has 6 nitrogen and oxygen atoms in total. The molecule has 2 N–H and O–H groups in total. The summed E-state index contributed by atoms with van der Waals surface area (Å²) in [4.78, 5) is 24.6. The molecule has 1 atom stereocenters. The van der Waals surface area contributed by atoms with E-state index in [9.17, 15) is 9.59 Å². The summed E-state index contributed by atoms with van der Waals surface area (Å²) >= 11 is 0. The van der Waals surface area contributed by atoms with Gasteiger partial charge in [-0.2, -0.15) is 10.5 Å². The first-order valence-corrected chi connectivity index (χ1v) is 8.13. The van der Waals surface area contributed by atoms with Crippen molar-refractivity contribution in [3.8, 4) is 12.1 Å². The summed E-state index contributed by atoms with van der Waals surface area (Å²) in [6.07, 6.45) is 0.861. The number of amides is 2. The molecular formula is C20H18N4O2. The lowest BCUT2D eigenvalue weighted by Gasteiger charge is -2.18. The molecule has 0 aliphatic carbocycles. The summed E-state index contributed by atoms with van der Waals surface area (Å²) in [5, 5.41) is 22.8. The maximum Gasteiger partial charge on any atom is 0.251 e. The molecule has 0 radical (unpaired) electrons. The van der Waals surface area contributed by atoms with Crippen molar-refractivity contribution >= 4 is 11.8 Å². The van der Waals surface area contributed by atoms with Gasteiger partial charge in [-0.3, -0.25) is 9.59 Å². The fraction of sp³-hybridized carbons (Fsp3) is 0.200. The lowest BCUT2D eigenvalue weighted by atomic mass is 10.0. The molecule has 2 amide bonds. The molecule has 0 bridgehead atoms. The number of nitrogens with zero attached hydrogens (tertiary/aromatic N) is 2. The smallest absolute Gasteiger partial charge is 0.251 e. The van der Waals surface area contributed by atoms with Crippen molar-refractivity contribution in [3.63, 3.8) is 0 Å². The van der Waals surface area contributed by atoms with Crippen LogP contribution in [0.2, 0.25) is 0 Å². The third-order valence-corrected chi connectivity index (χ3v) is 3.78. The number of carbonyl (C=O) groups excluding carboxylic acids is 2. The quantitative estimate of drug-likeness (QED) is 0.747. The van der Waals surface area contributed by atoms with Crippen LogP contribution >= 0.6 is 0 Å². The van der Waals surface area contributed by atoms with E-state index in [1.165, 1.54) is 0 Å². The second-order valence-corrected chi connectivity index (χ2v) is 5.62. The highest BCUT2D eigenvalue weighted by Gasteiger charge is 2.21. The molecular weight excluding hydrogens is 328 g/mol. The monoisotopic (exact) mass is 346 g/mol. The van der Waals surface area contributed by atoms with Crippen LogP contribution in [-0.2, 0) is 11.2 Å². The van der Waals surface area contributed by atoms with Gasteiger partial charge in [0.2, 0.25) is 5.91 Å². The van der Waals surface area contributed by atoms with Crippen LogP contribution in [0, 0.1) is 22.7 Å². The first-order chi connectivity index (χ1) is 12.6. The van der Waals surface area contributed by atoms with Gasteiger partial charge in [0.25, 0.3) is 5.91 Å². The Labute approximate surface area is 152 Å². The molecule has 2 aromatic rings. The Morgan fingerprint density at radius 2 is 1.81 bits per heavy atom. The maximum absolute atomic E-state index is 12.3. The van der Waals surface area contributed by atoms with Crippen molar-refractivity contribution in [2.75, 3.05) is 6.54 Å². The molecule has 0 unspecified atom stereocenters. The molecule has 0 aliphatic heterocycles. The lowest BCUT2D eigenvalue weighted by Crippen LogP contribution is -2.47. The second kappa shape index (κ2) is 9.61. The number of aryl methyl sites for hydroxylation is 1. The van der Waals surface area contributed by atoms with Gasteiger partial charge in [-0.25, -0.2) is 0 Å². The zero-order valence-electron chi connectivity index (χ0n) is 14.1. The predicted octanol–water partition coefficient (Wildman–Crippen LogP) is 1.93. The molecule has 6 heteroatoms. The number of nitrogens with one attached hydrogen (secondary N) is 2. The minimum absolute atomic E-state index is 0.125. The van der Waals surface area contributed by atoms with Gasteiger partial charge < -0.3 is 10.6 Å². The Morgan fingerprint density at radius 1 is 1.04 bits per heavy atom. The Balaban J connectivity index is 2.08. The number of carbonyl (C=O) groups is 2. The van der Waals surface area contributed by atoms with E-state index in [4.69, 9.17) is 10.5 Å². The van der Waals surface area contributed by atoms with Crippen molar-refractivity contribution in [1.82, 2.24) is 10.6 Å². The highest BCUT2D eigenvalue weighted by Crippen LogP contribution is 2.09. The standard InChI is InChI=1S/C20H18N4O2/c21-11-12-23-20(26)18(24-19(25)17-7-2-1-3-8-17)10-9-15-5-4-6-16(13-15)14-22/h1-8,13,18H,9-10,12H2,(H,23,26)(H,24,25)/t18-/m1/s1. The number of nitriles is 2. The molecule has 0 heterocycles. The molecule has 0 fully saturated rings. The van der Waals surface area contributed by atoms with Gasteiger partial charge in [0.05, 0.1) is 17.7 Å². The first kappa shape index (κ1) is 18.7. The van der Waals surface area contributed by atoms with Gasteiger partial charge >= 0.3 is 0 Å². The maximum atomic E-state index is 12.3. The topological polar surface area (TPSA) is 106 Å². The SMILES string of the molecule is N#CCNC(=O)[C@@H](CCc1cccc(C#N)c1)NC(=O)c1ccccc1. The van der Waals surface area contributed by atoms with Gasteiger partial charge in [0.15, 0.2) is 0 Å². The molecule has 0 saturated heterocycles. The van der Waals surface area contributed by atoms with E-state index in [1.807, 2.05) is 12.1 Å². The summed E-state index contributed by atoms with van der Waals surface area (Å²) in [7, 11) is 0. The Hall–Kier alpha value is -3.64. The van der Waals surface area contributed by atoms with Gasteiger partial charge in [-0.1, -0.05) is 30.3 Å².